The largest absolute Gasteiger partial charge is 0.370 e. The summed E-state index contributed by atoms with van der Waals surface area (Å²) < 4.78 is 0. The standard InChI is InChI=1S/C15H14ClN.C10H20N2.C4H10/c1-2-10-7-8-12-14(9-10)17-13-6-4-3-5-11(13)15(12)16;1-5-10-8-11(4)6-7-12(10)9(2)3;1-3-4-2/h2,7-9H,1,3-6H2;10H,2,5-8H2,1,3-4H3;3-4H2,1-2H3. The highest BCUT2D eigenvalue weighted by atomic mass is 35.5. The fourth-order valence-corrected chi connectivity index (χ4v) is 4.74. The molecule has 1 fully saturated rings. The molecule has 0 N–H and O–H groups in total. The van der Waals surface area contributed by atoms with Crippen molar-refractivity contribution in [3.8, 4) is 0 Å². The molecular weight excluding hydrogens is 426 g/mol. The van der Waals surface area contributed by atoms with Crippen LogP contribution >= 0.6 is 11.6 Å². The molecule has 0 spiro atoms. The summed E-state index contributed by atoms with van der Waals surface area (Å²) in [6.07, 6.45) is 10.3. The Morgan fingerprint density at radius 3 is 2.45 bits per heavy atom. The van der Waals surface area contributed by atoms with Crippen molar-refractivity contribution in [3.63, 3.8) is 0 Å². The first-order valence-electron chi connectivity index (χ1n) is 12.7. The van der Waals surface area contributed by atoms with Crippen LogP contribution in [0.2, 0.25) is 5.02 Å². The number of fused-ring (bicyclic) bond motifs is 2. The summed E-state index contributed by atoms with van der Waals surface area (Å²) in [4.78, 5) is 9.58. The highest BCUT2D eigenvalue weighted by Crippen LogP contribution is 2.33. The number of likely N-dealkylation sites (N-methyl/N-ethyl adjacent to an activating group) is 1. The Morgan fingerprint density at radius 1 is 1.15 bits per heavy atom. The Hall–Kier alpha value is -1.84. The molecule has 1 aliphatic heterocycles. The lowest BCUT2D eigenvalue weighted by Crippen LogP contribution is -2.50. The predicted octanol–water partition coefficient (Wildman–Crippen LogP) is 7.76. The molecule has 3 nitrogen and oxygen atoms in total. The zero-order valence-corrected chi connectivity index (χ0v) is 22.3. The van der Waals surface area contributed by atoms with Gasteiger partial charge in [-0.1, -0.05) is 76.6 Å². The van der Waals surface area contributed by atoms with E-state index in [1.165, 1.54) is 62.1 Å². The first-order valence-corrected chi connectivity index (χ1v) is 13.1. The minimum atomic E-state index is 0.682. The monoisotopic (exact) mass is 469 g/mol. The summed E-state index contributed by atoms with van der Waals surface area (Å²) >= 11 is 6.49. The van der Waals surface area contributed by atoms with Gasteiger partial charge in [0.15, 0.2) is 0 Å². The third-order valence-corrected chi connectivity index (χ3v) is 7.03. The van der Waals surface area contributed by atoms with Gasteiger partial charge in [0.2, 0.25) is 0 Å². The maximum atomic E-state index is 6.49. The summed E-state index contributed by atoms with van der Waals surface area (Å²) in [6, 6.07) is 6.83. The molecule has 4 rings (SSSR count). The van der Waals surface area contributed by atoms with E-state index in [0.717, 1.165) is 40.9 Å². The van der Waals surface area contributed by atoms with Gasteiger partial charge < -0.3 is 9.80 Å². The summed E-state index contributed by atoms with van der Waals surface area (Å²) in [6.45, 7) is 20.0. The van der Waals surface area contributed by atoms with E-state index in [4.69, 9.17) is 16.6 Å². The topological polar surface area (TPSA) is 19.4 Å². The molecule has 4 heteroatoms. The van der Waals surface area contributed by atoms with Crippen LogP contribution in [0.4, 0.5) is 0 Å². The van der Waals surface area contributed by atoms with Crippen molar-refractivity contribution in [1.29, 1.82) is 0 Å². The van der Waals surface area contributed by atoms with Crippen molar-refractivity contribution in [2.45, 2.75) is 78.7 Å². The smallest absolute Gasteiger partial charge is 0.0726 e. The highest BCUT2D eigenvalue weighted by Gasteiger charge is 2.22. The highest BCUT2D eigenvalue weighted by molar-refractivity contribution is 6.36. The molecule has 0 bridgehead atoms. The van der Waals surface area contributed by atoms with Gasteiger partial charge in [-0.05, 0) is 63.3 Å². The van der Waals surface area contributed by atoms with Crippen molar-refractivity contribution >= 4 is 28.6 Å². The molecule has 1 saturated heterocycles. The predicted molar refractivity (Wildman–Crippen MR) is 147 cm³/mol. The van der Waals surface area contributed by atoms with Crippen LogP contribution in [0, 0.1) is 0 Å². The number of rotatable bonds is 4. The van der Waals surface area contributed by atoms with E-state index < -0.39 is 0 Å². The molecule has 182 valence electrons. The zero-order valence-electron chi connectivity index (χ0n) is 21.6. The second-order valence-corrected chi connectivity index (χ2v) is 9.67. The quantitative estimate of drug-likeness (QED) is 0.456. The first kappa shape index (κ1) is 27.4. The number of hydrogen-bond acceptors (Lipinski definition) is 3. The molecule has 33 heavy (non-hydrogen) atoms. The van der Waals surface area contributed by atoms with Gasteiger partial charge >= 0.3 is 0 Å². The molecule has 1 aliphatic carbocycles. The summed E-state index contributed by atoms with van der Waals surface area (Å²) in [5.74, 6) is 0. The van der Waals surface area contributed by atoms with Gasteiger partial charge in [0.1, 0.15) is 0 Å². The van der Waals surface area contributed by atoms with Gasteiger partial charge in [-0.15, -0.1) is 0 Å². The van der Waals surface area contributed by atoms with Crippen LogP contribution in [0.15, 0.2) is 37.1 Å². The van der Waals surface area contributed by atoms with Gasteiger partial charge in [0.25, 0.3) is 0 Å². The fraction of sp³-hybridized carbons (Fsp3) is 0.552. The Balaban J connectivity index is 0.000000211. The lowest BCUT2D eigenvalue weighted by Gasteiger charge is -2.41. The van der Waals surface area contributed by atoms with Gasteiger partial charge in [-0.3, -0.25) is 4.98 Å². The number of allylic oxidation sites excluding steroid dienone is 1. The maximum absolute atomic E-state index is 6.49. The van der Waals surface area contributed by atoms with E-state index in [9.17, 15) is 0 Å². The van der Waals surface area contributed by atoms with E-state index in [2.05, 4.69) is 69.8 Å². The molecule has 1 aromatic heterocycles. The van der Waals surface area contributed by atoms with E-state index in [-0.39, 0.29) is 0 Å². The van der Waals surface area contributed by atoms with Crippen molar-refractivity contribution in [1.82, 2.24) is 14.8 Å². The Kier molecular flexibility index (Phi) is 11.4. The van der Waals surface area contributed by atoms with Crippen LogP contribution < -0.4 is 0 Å². The van der Waals surface area contributed by atoms with Gasteiger partial charge in [-0.2, -0.15) is 0 Å². The fourth-order valence-electron chi connectivity index (χ4n) is 4.37. The lowest BCUT2D eigenvalue weighted by atomic mass is 9.94. The van der Waals surface area contributed by atoms with Crippen LogP contribution in [-0.2, 0) is 12.8 Å². The van der Waals surface area contributed by atoms with Crippen LogP contribution in [0.3, 0.4) is 0 Å². The Morgan fingerprint density at radius 2 is 1.85 bits per heavy atom. The van der Waals surface area contributed by atoms with Crippen LogP contribution in [0.1, 0.15) is 76.6 Å². The van der Waals surface area contributed by atoms with Crippen LogP contribution in [0.5, 0.6) is 0 Å². The molecule has 1 unspecified atom stereocenters. The Bertz CT molecular complexity index is 919. The number of nitrogens with zero attached hydrogens (tertiary/aromatic N) is 3. The van der Waals surface area contributed by atoms with Crippen molar-refractivity contribution in [2.75, 3.05) is 26.7 Å². The maximum Gasteiger partial charge on any atom is 0.0726 e. The zero-order chi connectivity index (χ0) is 24.4. The summed E-state index contributed by atoms with van der Waals surface area (Å²) in [5.41, 5.74) is 5.76. The molecule has 2 aromatic rings. The van der Waals surface area contributed by atoms with Gasteiger partial charge in [0, 0.05) is 42.5 Å². The molecule has 2 aliphatic rings. The number of hydrogen-bond donors (Lipinski definition) is 0. The number of aryl methyl sites for hydroxylation is 1. The van der Waals surface area contributed by atoms with Crippen molar-refractivity contribution in [2.24, 2.45) is 0 Å². The lowest BCUT2D eigenvalue weighted by molar-refractivity contribution is 0.119. The normalized spacial score (nSPS) is 17.9. The van der Waals surface area contributed by atoms with Gasteiger partial charge in [0.05, 0.1) is 10.5 Å². The first-order chi connectivity index (χ1) is 15.9. The van der Waals surface area contributed by atoms with Crippen LogP contribution in [0.25, 0.3) is 17.0 Å². The van der Waals surface area contributed by atoms with Crippen LogP contribution in [-0.4, -0.2) is 47.5 Å². The molecular formula is C29H44ClN3. The Labute approximate surface area is 207 Å². The van der Waals surface area contributed by atoms with Gasteiger partial charge in [-0.25, -0.2) is 0 Å². The number of unbranched alkanes of at least 4 members (excludes halogenated alkanes) is 1. The van der Waals surface area contributed by atoms with E-state index >= 15 is 0 Å². The number of benzene rings is 1. The molecule has 1 aromatic carbocycles. The van der Waals surface area contributed by atoms with E-state index in [0.29, 0.717) is 6.04 Å². The second-order valence-electron chi connectivity index (χ2n) is 9.29. The number of aromatic nitrogens is 1. The minimum Gasteiger partial charge on any atom is -0.370 e. The molecule has 0 amide bonds. The summed E-state index contributed by atoms with van der Waals surface area (Å²) in [5, 5.41) is 1.97. The number of piperazine rings is 1. The molecule has 0 radical (unpaired) electrons. The third kappa shape index (κ3) is 7.58. The van der Waals surface area contributed by atoms with Crippen molar-refractivity contribution < 1.29 is 0 Å². The molecule has 1 atom stereocenters. The third-order valence-electron chi connectivity index (χ3n) is 6.60. The molecule has 2 heterocycles. The molecule has 0 saturated carbocycles. The second kappa shape index (κ2) is 13.8. The average Bonchev–Trinajstić information content (AvgIpc) is 2.84. The summed E-state index contributed by atoms with van der Waals surface area (Å²) in [7, 11) is 2.19. The number of pyridine rings is 1. The van der Waals surface area contributed by atoms with Crippen molar-refractivity contribution in [3.05, 3.63) is 58.9 Å². The number of halogens is 1. The minimum absolute atomic E-state index is 0.682. The average molecular weight is 470 g/mol. The SMILES string of the molecule is C=C(C)N1CCN(C)CC1CC.C=Cc1ccc2c(Cl)c3c(nc2c1)CCCC3.CCCC. The van der Waals surface area contributed by atoms with E-state index in [1.807, 2.05) is 12.1 Å². The van der Waals surface area contributed by atoms with E-state index in [1.54, 1.807) is 0 Å².